The fourth-order valence-electron chi connectivity index (χ4n) is 4.69. The molecule has 0 saturated heterocycles. The summed E-state index contributed by atoms with van der Waals surface area (Å²) in [7, 11) is 1.66. The summed E-state index contributed by atoms with van der Waals surface area (Å²) in [4.78, 5) is 11.5. The summed E-state index contributed by atoms with van der Waals surface area (Å²) >= 11 is 0. The summed E-state index contributed by atoms with van der Waals surface area (Å²) in [5.41, 5.74) is 8.68. The molecule has 0 spiro atoms. The first-order chi connectivity index (χ1) is 12.6. The van der Waals surface area contributed by atoms with Crippen molar-refractivity contribution in [3.63, 3.8) is 0 Å². The molecular formula is C23H27NO3. The second kappa shape index (κ2) is 6.22. The van der Waals surface area contributed by atoms with Crippen molar-refractivity contribution in [2.75, 3.05) is 7.11 Å². The summed E-state index contributed by atoms with van der Waals surface area (Å²) in [6.07, 6.45) is 0. The summed E-state index contributed by atoms with van der Waals surface area (Å²) in [6.45, 7) is 16.3. The highest BCUT2D eigenvalue weighted by molar-refractivity contribution is 6.14. The summed E-state index contributed by atoms with van der Waals surface area (Å²) in [5.74, 6) is 0.748. The molecule has 0 saturated carbocycles. The zero-order valence-corrected chi connectivity index (χ0v) is 17.7. The lowest BCUT2D eigenvalue weighted by atomic mass is 9.83. The Bertz CT molecular complexity index is 1160. The van der Waals surface area contributed by atoms with E-state index in [2.05, 4.69) is 34.6 Å². The number of hydrogen-bond donors (Lipinski definition) is 0. The van der Waals surface area contributed by atoms with Crippen LogP contribution in [0, 0.1) is 65.5 Å². The van der Waals surface area contributed by atoms with Crippen LogP contribution in [0.15, 0.2) is 0 Å². The monoisotopic (exact) mass is 365 g/mol. The lowest BCUT2D eigenvalue weighted by Crippen LogP contribution is -2.04. The highest BCUT2D eigenvalue weighted by atomic mass is 16.6. The first-order valence-electron chi connectivity index (χ1n) is 9.20. The highest BCUT2D eigenvalue weighted by Crippen LogP contribution is 2.47. The van der Waals surface area contributed by atoms with Crippen LogP contribution in [0.5, 0.6) is 5.75 Å². The number of benzene rings is 3. The van der Waals surface area contributed by atoms with Crippen LogP contribution >= 0.6 is 0 Å². The molecule has 4 heteroatoms. The van der Waals surface area contributed by atoms with Crippen LogP contribution in [0.3, 0.4) is 0 Å². The van der Waals surface area contributed by atoms with Crippen molar-refractivity contribution in [2.45, 2.75) is 55.4 Å². The molecule has 0 bridgehead atoms. The molecule has 3 aromatic carbocycles. The van der Waals surface area contributed by atoms with Crippen LogP contribution in [0.2, 0.25) is 0 Å². The summed E-state index contributed by atoms with van der Waals surface area (Å²) < 4.78 is 5.91. The highest BCUT2D eigenvalue weighted by Gasteiger charge is 2.27. The minimum Gasteiger partial charge on any atom is -0.495 e. The minimum absolute atomic E-state index is 0.190. The Morgan fingerprint density at radius 3 is 1.44 bits per heavy atom. The quantitative estimate of drug-likeness (QED) is 0.301. The maximum absolute atomic E-state index is 11.8. The fourth-order valence-corrected chi connectivity index (χ4v) is 4.69. The second-order valence-electron chi connectivity index (χ2n) is 7.64. The van der Waals surface area contributed by atoms with Gasteiger partial charge in [-0.25, -0.2) is 0 Å². The molecule has 3 aromatic rings. The largest absolute Gasteiger partial charge is 0.495 e. The molecule has 0 N–H and O–H groups in total. The van der Waals surface area contributed by atoms with Crippen molar-refractivity contribution in [1.29, 1.82) is 0 Å². The zero-order chi connectivity index (χ0) is 20.4. The van der Waals surface area contributed by atoms with Gasteiger partial charge in [0.15, 0.2) is 0 Å². The van der Waals surface area contributed by atoms with Gasteiger partial charge >= 0.3 is 0 Å². The van der Waals surface area contributed by atoms with Gasteiger partial charge in [0.25, 0.3) is 5.69 Å². The number of aryl methyl sites for hydroxylation is 5. The van der Waals surface area contributed by atoms with Crippen LogP contribution in [0.1, 0.15) is 44.5 Å². The van der Waals surface area contributed by atoms with Crippen LogP contribution in [-0.2, 0) is 0 Å². The lowest BCUT2D eigenvalue weighted by Gasteiger charge is -2.23. The van der Waals surface area contributed by atoms with Crippen molar-refractivity contribution in [1.82, 2.24) is 0 Å². The molecule has 0 aliphatic rings. The molecule has 0 atom stereocenters. The van der Waals surface area contributed by atoms with Gasteiger partial charge in [-0.05, 0) is 99.5 Å². The lowest BCUT2D eigenvalue weighted by molar-refractivity contribution is -0.385. The molecule has 0 aliphatic heterocycles. The van der Waals surface area contributed by atoms with E-state index in [-0.39, 0.29) is 10.6 Å². The van der Waals surface area contributed by atoms with E-state index in [1.807, 2.05) is 20.8 Å². The number of hydrogen-bond acceptors (Lipinski definition) is 3. The van der Waals surface area contributed by atoms with Gasteiger partial charge in [-0.15, -0.1) is 0 Å². The third-order valence-electron chi connectivity index (χ3n) is 6.55. The van der Waals surface area contributed by atoms with Gasteiger partial charge in [-0.3, -0.25) is 10.1 Å². The van der Waals surface area contributed by atoms with E-state index < -0.39 is 0 Å². The second-order valence-corrected chi connectivity index (χ2v) is 7.64. The molecule has 4 nitrogen and oxygen atoms in total. The smallest absolute Gasteiger partial charge is 0.276 e. The van der Waals surface area contributed by atoms with Gasteiger partial charge in [-0.2, -0.15) is 0 Å². The number of nitro groups is 1. The third kappa shape index (κ3) is 2.35. The molecule has 3 rings (SSSR count). The predicted molar refractivity (Wildman–Crippen MR) is 113 cm³/mol. The van der Waals surface area contributed by atoms with E-state index >= 15 is 0 Å². The Balaban J connectivity index is 2.83. The molecule has 0 radical (unpaired) electrons. The number of fused-ring (bicyclic) bond motifs is 2. The predicted octanol–water partition coefficient (Wildman–Crippen LogP) is 6.38. The zero-order valence-electron chi connectivity index (χ0n) is 17.7. The van der Waals surface area contributed by atoms with E-state index in [0.29, 0.717) is 5.56 Å². The molecule has 0 amide bonds. The Kier molecular flexibility index (Phi) is 4.41. The minimum atomic E-state index is -0.269. The number of methoxy groups -OCH3 is 1. The van der Waals surface area contributed by atoms with Crippen LogP contribution in [0.4, 0.5) is 5.69 Å². The fraction of sp³-hybridized carbons (Fsp3) is 0.391. The van der Waals surface area contributed by atoms with Gasteiger partial charge in [0.05, 0.1) is 12.0 Å². The number of rotatable bonds is 2. The maximum Gasteiger partial charge on any atom is 0.276 e. The van der Waals surface area contributed by atoms with Crippen LogP contribution in [0.25, 0.3) is 21.5 Å². The van der Waals surface area contributed by atoms with Gasteiger partial charge < -0.3 is 4.74 Å². The van der Waals surface area contributed by atoms with Crippen molar-refractivity contribution < 1.29 is 9.66 Å². The van der Waals surface area contributed by atoms with Crippen molar-refractivity contribution in [3.05, 3.63) is 54.6 Å². The van der Waals surface area contributed by atoms with Crippen LogP contribution in [-0.4, -0.2) is 12.0 Å². The average Bonchev–Trinajstić information content (AvgIpc) is 2.61. The average molecular weight is 365 g/mol. The molecule has 27 heavy (non-hydrogen) atoms. The molecular weight excluding hydrogens is 338 g/mol. The van der Waals surface area contributed by atoms with Crippen molar-refractivity contribution >= 4 is 27.2 Å². The molecule has 0 heterocycles. The summed E-state index contributed by atoms with van der Waals surface area (Å²) in [6, 6.07) is 0. The Labute approximate surface area is 160 Å². The molecule has 0 aromatic heterocycles. The van der Waals surface area contributed by atoms with Gasteiger partial charge in [0.1, 0.15) is 5.75 Å². The number of nitro benzene ring substituents is 1. The normalized spacial score (nSPS) is 11.4. The van der Waals surface area contributed by atoms with E-state index in [1.165, 1.54) is 33.2 Å². The van der Waals surface area contributed by atoms with Crippen molar-refractivity contribution in [3.8, 4) is 5.75 Å². The number of nitrogens with zero attached hydrogens (tertiary/aromatic N) is 1. The molecule has 0 unspecified atom stereocenters. The van der Waals surface area contributed by atoms with Gasteiger partial charge in [0.2, 0.25) is 0 Å². The van der Waals surface area contributed by atoms with Gasteiger partial charge in [0, 0.05) is 21.9 Å². The summed E-state index contributed by atoms with van der Waals surface area (Å²) in [5, 5.41) is 16.0. The Morgan fingerprint density at radius 1 is 0.593 bits per heavy atom. The van der Waals surface area contributed by atoms with Gasteiger partial charge in [-0.1, -0.05) is 0 Å². The Hall–Kier alpha value is -2.62. The molecule has 142 valence electrons. The van der Waals surface area contributed by atoms with Crippen LogP contribution < -0.4 is 4.74 Å². The van der Waals surface area contributed by atoms with E-state index in [4.69, 9.17) is 4.74 Å². The molecule has 0 fully saturated rings. The first-order valence-corrected chi connectivity index (χ1v) is 9.20. The SMILES string of the molecule is COc1c2c(C)c(C)c(C)c(C)c2c(C)c2c(C)c(C)c([N+](=O)[O-])c(C)c12. The maximum atomic E-state index is 11.8. The topological polar surface area (TPSA) is 52.4 Å². The third-order valence-corrected chi connectivity index (χ3v) is 6.55. The Morgan fingerprint density at radius 2 is 1.00 bits per heavy atom. The standard InChI is InChI=1S/C23H27NO3/c1-10-11(2)13(4)20-18(12(10)3)16(7)19-14(5)15(6)22(24(25)26)17(8)21(19)23(20)27-9/h1-9H3. The first kappa shape index (κ1) is 19.2. The van der Waals surface area contributed by atoms with E-state index in [0.717, 1.165) is 33.0 Å². The number of ether oxygens (including phenoxy) is 1. The van der Waals surface area contributed by atoms with E-state index in [9.17, 15) is 10.1 Å². The van der Waals surface area contributed by atoms with Crippen molar-refractivity contribution in [2.24, 2.45) is 0 Å². The molecule has 0 aliphatic carbocycles. The van der Waals surface area contributed by atoms with E-state index in [1.54, 1.807) is 7.11 Å².